The van der Waals surface area contributed by atoms with Crippen LogP contribution in [0.15, 0.2) is 0 Å². The summed E-state index contributed by atoms with van der Waals surface area (Å²) in [6.45, 7) is 0. The van der Waals surface area contributed by atoms with Crippen LogP contribution in [0.25, 0.3) is 0 Å². The van der Waals surface area contributed by atoms with Crippen LogP contribution in [0.2, 0.25) is 15.1 Å². The van der Waals surface area contributed by atoms with Gasteiger partial charge in [0.05, 0.1) is 26.4 Å². The van der Waals surface area contributed by atoms with E-state index in [1.807, 2.05) is 0 Å². The highest BCUT2D eigenvalue weighted by Gasteiger charge is 2.23. The van der Waals surface area contributed by atoms with Crippen molar-refractivity contribution in [2.24, 2.45) is 0 Å². The van der Waals surface area contributed by atoms with Gasteiger partial charge in [0.15, 0.2) is 11.5 Å². The number of hydrogen-bond acceptors (Lipinski definition) is 3. The Morgan fingerprint density at radius 2 is 0.933 bits per heavy atom. The average molecular weight is 272 g/mol. The smallest absolute Gasteiger partial charge is 0.206 e. The molecule has 0 atom stereocenters. The van der Waals surface area contributed by atoms with Gasteiger partial charge in [-0.3, -0.25) is 0 Å². The maximum Gasteiger partial charge on any atom is 0.206 e. The topological polar surface area (TPSA) is 27.7 Å². The van der Waals surface area contributed by atoms with E-state index in [1.54, 1.807) is 0 Å². The van der Waals surface area contributed by atoms with Crippen molar-refractivity contribution >= 4 is 34.8 Å². The normalized spacial score (nSPS) is 10.0. The Balaban J connectivity index is 3.59. The Kier molecular flexibility index (Phi) is 4.20. The fraction of sp³-hybridized carbons (Fsp3) is 0.333. The highest BCUT2D eigenvalue weighted by molar-refractivity contribution is 6.49. The summed E-state index contributed by atoms with van der Waals surface area (Å²) in [6.07, 6.45) is 0. The van der Waals surface area contributed by atoms with Gasteiger partial charge in [0.2, 0.25) is 5.75 Å². The monoisotopic (exact) mass is 270 g/mol. The minimum Gasteiger partial charge on any atom is -0.491 e. The molecule has 0 amide bonds. The summed E-state index contributed by atoms with van der Waals surface area (Å²) in [5.41, 5.74) is 0. The molecule has 0 bridgehead atoms. The Labute approximate surface area is 103 Å². The molecule has 84 valence electrons. The predicted molar refractivity (Wildman–Crippen MR) is 61.1 cm³/mol. The third kappa shape index (κ3) is 2.05. The number of hydrogen-bond donors (Lipinski definition) is 0. The first-order valence-corrected chi connectivity index (χ1v) is 5.04. The maximum absolute atomic E-state index is 5.93. The van der Waals surface area contributed by atoms with Crippen LogP contribution in [0.3, 0.4) is 0 Å². The number of methoxy groups -OCH3 is 3. The van der Waals surface area contributed by atoms with Crippen molar-refractivity contribution in [1.82, 2.24) is 0 Å². The molecule has 0 saturated carbocycles. The van der Waals surface area contributed by atoms with Crippen molar-refractivity contribution in [3.05, 3.63) is 15.1 Å². The van der Waals surface area contributed by atoms with Crippen LogP contribution in [0, 0.1) is 0 Å². The number of halogens is 3. The van der Waals surface area contributed by atoms with E-state index in [-0.39, 0.29) is 15.1 Å². The molecule has 15 heavy (non-hydrogen) atoms. The van der Waals surface area contributed by atoms with E-state index in [0.717, 1.165) is 0 Å². The standard InChI is InChI=1S/C9H9Cl3O3/c1-13-7-5(11)4(10)6(12)8(14-2)9(7)15-3/h1-3H3. The average Bonchev–Trinajstić information content (AvgIpc) is 2.25. The molecule has 6 heteroatoms. The largest absolute Gasteiger partial charge is 0.491 e. The molecular weight excluding hydrogens is 262 g/mol. The van der Waals surface area contributed by atoms with Gasteiger partial charge in [-0.2, -0.15) is 0 Å². The summed E-state index contributed by atoms with van der Waals surface area (Å²) >= 11 is 17.8. The van der Waals surface area contributed by atoms with E-state index >= 15 is 0 Å². The molecule has 1 aromatic rings. The summed E-state index contributed by atoms with van der Waals surface area (Å²) in [5.74, 6) is 0.912. The SMILES string of the molecule is COc1c(Cl)c(Cl)c(Cl)c(OC)c1OC. The molecule has 0 heterocycles. The van der Waals surface area contributed by atoms with E-state index < -0.39 is 0 Å². The van der Waals surface area contributed by atoms with E-state index in [4.69, 9.17) is 49.0 Å². The van der Waals surface area contributed by atoms with Gasteiger partial charge in [-0.25, -0.2) is 0 Å². The van der Waals surface area contributed by atoms with E-state index in [2.05, 4.69) is 0 Å². The van der Waals surface area contributed by atoms with Crippen molar-refractivity contribution in [2.75, 3.05) is 21.3 Å². The van der Waals surface area contributed by atoms with Crippen molar-refractivity contribution in [3.63, 3.8) is 0 Å². The van der Waals surface area contributed by atoms with Crippen LogP contribution in [0.1, 0.15) is 0 Å². The number of benzene rings is 1. The Bertz CT molecular complexity index is 348. The molecular formula is C9H9Cl3O3. The molecule has 0 N–H and O–H groups in total. The van der Waals surface area contributed by atoms with Gasteiger partial charge in [0.1, 0.15) is 10.0 Å². The number of ether oxygens (including phenoxy) is 3. The van der Waals surface area contributed by atoms with Crippen molar-refractivity contribution in [1.29, 1.82) is 0 Å². The fourth-order valence-corrected chi connectivity index (χ4v) is 1.88. The first-order valence-electron chi connectivity index (χ1n) is 3.90. The van der Waals surface area contributed by atoms with Crippen molar-refractivity contribution < 1.29 is 14.2 Å². The lowest BCUT2D eigenvalue weighted by molar-refractivity contribution is 0.324. The zero-order valence-electron chi connectivity index (χ0n) is 8.36. The van der Waals surface area contributed by atoms with Crippen LogP contribution < -0.4 is 14.2 Å². The fourth-order valence-electron chi connectivity index (χ4n) is 1.15. The van der Waals surface area contributed by atoms with E-state index in [0.29, 0.717) is 17.2 Å². The molecule has 0 aromatic heterocycles. The Hall–Kier alpha value is -0.510. The van der Waals surface area contributed by atoms with Gasteiger partial charge in [-0.05, 0) is 0 Å². The highest BCUT2D eigenvalue weighted by Crippen LogP contribution is 2.51. The molecule has 0 aliphatic carbocycles. The van der Waals surface area contributed by atoms with Crippen LogP contribution in [0.4, 0.5) is 0 Å². The summed E-state index contributed by atoms with van der Waals surface area (Å²) in [5, 5.41) is 0.566. The predicted octanol–water partition coefficient (Wildman–Crippen LogP) is 3.67. The first-order chi connectivity index (χ1) is 7.08. The second kappa shape index (κ2) is 5.01. The molecule has 0 unspecified atom stereocenters. The molecule has 0 spiro atoms. The summed E-state index contributed by atoms with van der Waals surface area (Å²) in [7, 11) is 4.36. The van der Waals surface area contributed by atoms with Gasteiger partial charge in [0, 0.05) is 0 Å². The Morgan fingerprint density at radius 3 is 1.20 bits per heavy atom. The first kappa shape index (κ1) is 12.6. The molecule has 1 rings (SSSR count). The van der Waals surface area contributed by atoms with Crippen molar-refractivity contribution in [3.8, 4) is 17.2 Å². The third-order valence-electron chi connectivity index (χ3n) is 1.81. The summed E-state index contributed by atoms with van der Waals surface area (Å²) in [6, 6.07) is 0. The lowest BCUT2D eigenvalue weighted by Crippen LogP contribution is -1.97. The van der Waals surface area contributed by atoms with Crippen LogP contribution in [-0.4, -0.2) is 21.3 Å². The van der Waals surface area contributed by atoms with Crippen LogP contribution in [-0.2, 0) is 0 Å². The lowest BCUT2D eigenvalue weighted by Gasteiger charge is -2.15. The molecule has 0 aliphatic heterocycles. The van der Waals surface area contributed by atoms with Gasteiger partial charge >= 0.3 is 0 Å². The summed E-state index contributed by atoms with van der Waals surface area (Å²) in [4.78, 5) is 0. The molecule has 1 aromatic carbocycles. The van der Waals surface area contributed by atoms with Gasteiger partial charge in [-0.1, -0.05) is 34.8 Å². The minimum absolute atomic E-state index is 0.174. The van der Waals surface area contributed by atoms with Gasteiger partial charge < -0.3 is 14.2 Å². The zero-order valence-corrected chi connectivity index (χ0v) is 10.6. The number of rotatable bonds is 3. The van der Waals surface area contributed by atoms with Gasteiger partial charge in [-0.15, -0.1) is 0 Å². The van der Waals surface area contributed by atoms with Crippen LogP contribution >= 0.6 is 34.8 Å². The molecule has 0 saturated heterocycles. The minimum atomic E-state index is 0.174. The lowest BCUT2D eigenvalue weighted by atomic mass is 10.3. The molecule has 0 aliphatic rings. The quantitative estimate of drug-likeness (QED) is 0.785. The third-order valence-corrected chi connectivity index (χ3v) is 3.10. The summed E-state index contributed by atoms with van der Waals surface area (Å²) < 4.78 is 15.2. The second-order valence-electron chi connectivity index (χ2n) is 2.54. The zero-order chi connectivity index (χ0) is 11.6. The highest BCUT2D eigenvalue weighted by atomic mass is 35.5. The molecule has 0 radical (unpaired) electrons. The van der Waals surface area contributed by atoms with Gasteiger partial charge in [0.25, 0.3) is 0 Å². The van der Waals surface area contributed by atoms with Crippen molar-refractivity contribution in [2.45, 2.75) is 0 Å². The van der Waals surface area contributed by atoms with E-state index in [1.165, 1.54) is 21.3 Å². The molecule has 0 fully saturated rings. The maximum atomic E-state index is 5.93. The second-order valence-corrected chi connectivity index (χ2v) is 3.68. The van der Waals surface area contributed by atoms with Crippen LogP contribution in [0.5, 0.6) is 17.2 Å². The van der Waals surface area contributed by atoms with E-state index in [9.17, 15) is 0 Å². The molecule has 3 nitrogen and oxygen atoms in total. The Morgan fingerprint density at radius 1 is 0.600 bits per heavy atom.